The van der Waals surface area contributed by atoms with E-state index in [4.69, 9.17) is 4.74 Å². The molecule has 0 N–H and O–H groups in total. The van der Waals surface area contributed by atoms with E-state index >= 15 is 0 Å². The van der Waals surface area contributed by atoms with Gasteiger partial charge in [0.05, 0.1) is 0 Å². The fourth-order valence-electron chi connectivity index (χ4n) is 2.66. The maximum Gasteiger partial charge on any atom is 0.303 e. The molecule has 0 amide bonds. The first-order chi connectivity index (χ1) is 8.25. The van der Waals surface area contributed by atoms with Crippen LogP contribution in [0, 0.1) is 17.3 Å². The summed E-state index contributed by atoms with van der Waals surface area (Å²) in [7, 11) is 0. The highest BCUT2D eigenvalue weighted by atomic mass is 16.5. The molecule has 2 nitrogen and oxygen atoms in total. The lowest BCUT2D eigenvalue weighted by molar-refractivity contribution is -0.143. The van der Waals surface area contributed by atoms with E-state index in [0.717, 1.165) is 6.42 Å². The van der Waals surface area contributed by atoms with Gasteiger partial charge in [0.25, 0.3) is 0 Å². The molecule has 0 aromatic rings. The topological polar surface area (TPSA) is 26.3 Å². The molecule has 0 fully saturated rings. The van der Waals surface area contributed by atoms with Crippen LogP contribution in [0.25, 0.3) is 0 Å². The quantitative estimate of drug-likeness (QED) is 0.556. The van der Waals surface area contributed by atoms with Gasteiger partial charge in [0.15, 0.2) is 0 Å². The van der Waals surface area contributed by atoms with E-state index < -0.39 is 0 Å². The molecule has 1 aliphatic rings. The van der Waals surface area contributed by atoms with E-state index in [2.05, 4.69) is 39.8 Å². The number of carbonyl (C=O) groups excluding carboxylic acids is 1. The maximum absolute atomic E-state index is 10.9. The van der Waals surface area contributed by atoms with E-state index in [1.165, 1.54) is 12.5 Å². The average molecular weight is 250 g/mol. The van der Waals surface area contributed by atoms with E-state index in [1.54, 1.807) is 0 Å². The molecule has 0 saturated heterocycles. The van der Waals surface area contributed by atoms with E-state index in [-0.39, 0.29) is 17.5 Å². The SMILES string of the molecule is CC(=O)O[C@@H](C)C=C[C@@H]1C(C)=CC[C@H](C)C1(C)C. The molecule has 0 bridgehead atoms. The Labute approximate surface area is 111 Å². The van der Waals surface area contributed by atoms with Crippen LogP contribution >= 0.6 is 0 Å². The zero-order valence-electron chi connectivity index (χ0n) is 12.5. The van der Waals surface area contributed by atoms with Crippen LogP contribution in [-0.2, 0) is 9.53 Å². The van der Waals surface area contributed by atoms with Crippen LogP contribution in [0.4, 0.5) is 0 Å². The number of hydrogen-bond acceptors (Lipinski definition) is 2. The smallest absolute Gasteiger partial charge is 0.303 e. The van der Waals surface area contributed by atoms with Gasteiger partial charge >= 0.3 is 5.97 Å². The van der Waals surface area contributed by atoms with Crippen molar-refractivity contribution in [2.45, 2.75) is 54.1 Å². The maximum atomic E-state index is 10.9. The predicted octanol–water partition coefficient (Wildman–Crippen LogP) is 4.12. The minimum atomic E-state index is -0.226. The lowest BCUT2D eigenvalue weighted by Crippen LogP contribution is -2.33. The van der Waals surface area contributed by atoms with Crippen molar-refractivity contribution in [1.82, 2.24) is 0 Å². The lowest BCUT2D eigenvalue weighted by atomic mass is 9.63. The van der Waals surface area contributed by atoms with Gasteiger partial charge in [-0.1, -0.05) is 38.5 Å². The van der Waals surface area contributed by atoms with Gasteiger partial charge in [0.2, 0.25) is 0 Å². The third-order valence-electron chi connectivity index (χ3n) is 4.28. The monoisotopic (exact) mass is 250 g/mol. The van der Waals surface area contributed by atoms with E-state index in [9.17, 15) is 4.79 Å². The Hall–Kier alpha value is -1.05. The second-order valence-electron chi connectivity index (χ2n) is 6.08. The van der Waals surface area contributed by atoms with Gasteiger partial charge in [0, 0.05) is 12.8 Å². The van der Waals surface area contributed by atoms with Gasteiger partial charge in [-0.25, -0.2) is 0 Å². The molecule has 0 spiro atoms. The van der Waals surface area contributed by atoms with Gasteiger partial charge < -0.3 is 4.74 Å². The molecule has 0 saturated carbocycles. The molecule has 0 aromatic carbocycles. The Kier molecular flexibility index (Phi) is 4.78. The molecular weight excluding hydrogens is 224 g/mol. The molecule has 0 aliphatic heterocycles. The number of carbonyl (C=O) groups is 1. The molecule has 0 radical (unpaired) electrons. The van der Waals surface area contributed by atoms with Gasteiger partial charge in [-0.15, -0.1) is 0 Å². The minimum absolute atomic E-state index is 0.150. The molecule has 18 heavy (non-hydrogen) atoms. The first-order valence-electron chi connectivity index (χ1n) is 6.77. The van der Waals surface area contributed by atoms with Crippen LogP contribution in [0.1, 0.15) is 48.0 Å². The molecule has 0 aromatic heterocycles. The van der Waals surface area contributed by atoms with Gasteiger partial charge in [-0.3, -0.25) is 4.79 Å². The molecule has 1 aliphatic carbocycles. The van der Waals surface area contributed by atoms with Gasteiger partial charge in [-0.05, 0) is 37.7 Å². The van der Waals surface area contributed by atoms with Crippen LogP contribution < -0.4 is 0 Å². The molecule has 1 rings (SSSR count). The number of allylic oxidation sites excluding steroid dienone is 3. The molecule has 3 atom stereocenters. The summed E-state index contributed by atoms with van der Waals surface area (Å²) in [6.07, 6.45) is 7.55. The highest BCUT2D eigenvalue weighted by Gasteiger charge is 2.36. The summed E-state index contributed by atoms with van der Waals surface area (Å²) in [5.41, 5.74) is 1.68. The van der Waals surface area contributed by atoms with Gasteiger partial charge in [0.1, 0.15) is 6.10 Å². The van der Waals surface area contributed by atoms with Crippen LogP contribution in [0.5, 0.6) is 0 Å². The number of esters is 1. The largest absolute Gasteiger partial charge is 0.459 e. The summed E-state index contributed by atoms with van der Waals surface area (Å²) < 4.78 is 5.13. The lowest BCUT2D eigenvalue weighted by Gasteiger charge is -2.42. The fourth-order valence-corrected chi connectivity index (χ4v) is 2.66. The molecule has 0 heterocycles. The van der Waals surface area contributed by atoms with Crippen LogP contribution in [0.3, 0.4) is 0 Å². The Bertz CT molecular complexity index is 363. The van der Waals surface area contributed by atoms with Crippen molar-refractivity contribution < 1.29 is 9.53 Å². The summed E-state index contributed by atoms with van der Waals surface area (Å²) in [6, 6.07) is 0. The predicted molar refractivity (Wildman–Crippen MR) is 75.2 cm³/mol. The Balaban J connectivity index is 2.80. The molecule has 102 valence electrons. The van der Waals surface area contributed by atoms with Gasteiger partial charge in [-0.2, -0.15) is 0 Å². The Morgan fingerprint density at radius 1 is 1.56 bits per heavy atom. The van der Waals surface area contributed by atoms with E-state index in [1.807, 2.05) is 13.0 Å². The first kappa shape index (κ1) is 15.0. The third kappa shape index (κ3) is 3.47. The normalized spacial score (nSPS) is 28.9. The summed E-state index contributed by atoms with van der Waals surface area (Å²) in [5, 5.41) is 0. The second kappa shape index (κ2) is 5.73. The Morgan fingerprint density at radius 2 is 2.17 bits per heavy atom. The van der Waals surface area contributed by atoms with Crippen LogP contribution in [0.15, 0.2) is 23.8 Å². The summed E-state index contributed by atoms with van der Waals surface area (Å²) >= 11 is 0. The highest BCUT2D eigenvalue weighted by molar-refractivity contribution is 5.66. The first-order valence-corrected chi connectivity index (χ1v) is 6.77. The second-order valence-corrected chi connectivity index (χ2v) is 6.08. The highest BCUT2D eigenvalue weighted by Crippen LogP contribution is 2.45. The molecule has 2 heteroatoms. The molecule has 0 unspecified atom stereocenters. The van der Waals surface area contributed by atoms with E-state index in [0.29, 0.717) is 11.8 Å². The number of rotatable bonds is 3. The average Bonchev–Trinajstić information content (AvgIpc) is 2.22. The van der Waals surface area contributed by atoms with Crippen molar-refractivity contribution in [3.63, 3.8) is 0 Å². The zero-order valence-corrected chi connectivity index (χ0v) is 12.5. The molecular formula is C16H26O2. The number of ether oxygens (including phenoxy) is 1. The zero-order chi connectivity index (χ0) is 13.9. The third-order valence-corrected chi connectivity index (χ3v) is 4.28. The fraction of sp³-hybridized carbons (Fsp3) is 0.688. The summed E-state index contributed by atoms with van der Waals surface area (Å²) in [6.45, 7) is 12.5. The minimum Gasteiger partial charge on any atom is -0.459 e. The van der Waals surface area contributed by atoms with Crippen LogP contribution in [0.2, 0.25) is 0 Å². The van der Waals surface area contributed by atoms with Crippen molar-refractivity contribution >= 4 is 5.97 Å². The summed E-state index contributed by atoms with van der Waals surface area (Å²) in [5.74, 6) is 0.870. The van der Waals surface area contributed by atoms with Crippen molar-refractivity contribution in [2.24, 2.45) is 17.3 Å². The summed E-state index contributed by atoms with van der Waals surface area (Å²) in [4.78, 5) is 10.9. The van der Waals surface area contributed by atoms with Crippen molar-refractivity contribution in [1.29, 1.82) is 0 Å². The van der Waals surface area contributed by atoms with Crippen molar-refractivity contribution in [3.05, 3.63) is 23.8 Å². The Morgan fingerprint density at radius 3 is 2.72 bits per heavy atom. The standard InChI is InChI=1S/C16H26O2/c1-11-7-8-12(2)16(5,6)15(11)10-9-13(3)18-14(4)17/h7,9-10,12-13,15H,8H2,1-6H3/t12-,13-,15+/m0/s1. The van der Waals surface area contributed by atoms with Crippen LogP contribution in [-0.4, -0.2) is 12.1 Å². The van der Waals surface area contributed by atoms with Crippen molar-refractivity contribution in [2.75, 3.05) is 0 Å². The van der Waals surface area contributed by atoms with Crippen molar-refractivity contribution in [3.8, 4) is 0 Å². The number of hydrogen-bond donors (Lipinski definition) is 0.